The summed E-state index contributed by atoms with van der Waals surface area (Å²) in [6.45, 7) is 12.1. The van der Waals surface area contributed by atoms with Crippen LogP contribution in [0.5, 0.6) is 0 Å². The van der Waals surface area contributed by atoms with Crippen molar-refractivity contribution >= 4 is 46.0 Å². The zero-order chi connectivity index (χ0) is 28.0. The van der Waals surface area contributed by atoms with Crippen LogP contribution < -0.4 is 14.9 Å². The fourth-order valence-electron chi connectivity index (χ4n) is 5.10. The van der Waals surface area contributed by atoms with Crippen LogP contribution in [-0.4, -0.2) is 21.7 Å². The SMILES string of the molecule is CCOC(=O)C1=C(C)N=c2s/c(=C\c3cc(C)n(-c4ccc(I)c(C)c4)c3C)c(=O)n2[C@@H]1c1ccc(C)cc1. The van der Waals surface area contributed by atoms with E-state index < -0.39 is 12.0 Å². The molecule has 0 aliphatic carbocycles. The van der Waals surface area contributed by atoms with Gasteiger partial charge < -0.3 is 9.30 Å². The Morgan fingerprint density at radius 2 is 1.79 bits per heavy atom. The topological polar surface area (TPSA) is 65.6 Å². The lowest BCUT2D eigenvalue weighted by atomic mass is 9.95. The maximum Gasteiger partial charge on any atom is 0.338 e. The van der Waals surface area contributed by atoms with E-state index in [1.54, 1.807) is 18.4 Å². The summed E-state index contributed by atoms with van der Waals surface area (Å²) in [4.78, 5) is 32.3. The molecule has 0 amide bonds. The number of nitrogens with zero attached hydrogens (tertiary/aromatic N) is 3. The molecule has 5 rings (SSSR count). The molecule has 1 aliphatic rings. The summed E-state index contributed by atoms with van der Waals surface area (Å²) in [5.74, 6) is -0.449. The molecule has 8 heteroatoms. The van der Waals surface area contributed by atoms with Crippen molar-refractivity contribution in [2.45, 2.75) is 47.6 Å². The summed E-state index contributed by atoms with van der Waals surface area (Å²) in [5, 5.41) is 0. The standard InChI is InChI=1S/C31H30IN3O3S/c1-7-38-30(37)27-20(5)33-31-35(28(27)22-10-8-17(2)9-11-22)29(36)26(39-31)16-23-15-19(4)34(21(23)6)24-12-13-25(32)18(3)14-24/h8-16,28H,7H2,1-6H3/b26-16-/t28-/m1/s1. The first-order valence-electron chi connectivity index (χ1n) is 12.8. The zero-order valence-electron chi connectivity index (χ0n) is 22.8. The molecule has 0 unspecified atom stereocenters. The number of halogens is 1. The second-order valence-corrected chi connectivity index (χ2v) is 12.0. The van der Waals surface area contributed by atoms with E-state index in [1.165, 1.54) is 20.5 Å². The summed E-state index contributed by atoms with van der Waals surface area (Å²) >= 11 is 3.69. The molecular weight excluding hydrogens is 621 g/mol. The zero-order valence-corrected chi connectivity index (χ0v) is 25.8. The number of allylic oxidation sites excluding steroid dienone is 1. The minimum Gasteiger partial charge on any atom is -0.463 e. The largest absolute Gasteiger partial charge is 0.463 e. The number of esters is 1. The van der Waals surface area contributed by atoms with E-state index in [2.05, 4.69) is 72.2 Å². The van der Waals surface area contributed by atoms with Gasteiger partial charge in [0.05, 0.1) is 28.5 Å². The molecule has 200 valence electrons. The van der Waals surface area contributed by atoms with Crippen molar-refractivity contribution in [1.29, 1.82) is 0 Å². The highest BCUT2D eigenvalue weighted by atomic mass is 127. The Morgan fingerprint density at radius 1 is 1.08 bits per heavy atom. The summed E-state index contributed by atoms with van der Waals surface area (Å²) in [5.41, 5.74) is 8.17. The van der Waals surface area contributed by atoms with Gasteiger partial charge in [-0.2, -0.15) is 0 Å². The van der Waals surface area contributed by atoms with Crippen molar-refractivity contribution in [1.82, 2.24) is 9.13 Å². The summed E-state index contributed by atoms with van der Waals surface area (Å²) in [7, 11) is 0. The maximum atomic E-state index is 14.0. The monoisotopic (exact) mass is 651 g/mol. The number of aromatic nitrogens is 2. The molecule has 0 bridgehead atoms. The van der Waals surface area contributed by atoms with Gasteiger partial charge in [-0.05, 0) is 111 Å². The van der Waals surface area contributed by atoms with Gasteiger partial charge >= 0.3 is 5.97 Å². The van der Waals surface area contributed by atoms with Gasteiger partial charge in [0, 0.05) is 20.6 Å². The van der Waals surface area contributed by atoms with E-state index in [-0.39, 0.29) is 12.2 Å². The minimum absolute atomic E-state index is 0.173. The number of hydrogen-bond acceptors (Lipinski definition) is 5. The number of rotatable bonds is 5. The van der Waals surface area contributed by atoms with Gasteiger partial charge in [0.1, 0.15) is 0 Å². The molecule has 6 nitrogen and oxygen atoms in total. The van der Waals surface area contributed by atoms with Gasteiger partial charge in [0.25, 0.3) is 5.56 Å². The van der Waals surface area contributed by atoms with E-state index >= 15 is 0 Å². The normalized spacial score (nSPS) is 15.4. The number of hydrogen-bond donors (Lipinski definition) is 0. The van der Waals surface area contributed by atoms with Crippen molar-refractivity contribution in [3.8, 4) is 5.69 Å². The summed E-state index contributed by atoms with van der Waals surface area (Å²) in [6.07, 6.45) is 1.94. The van der Waals surface area contributed by atoms with Gasteiger partial charge in [0.2, 0.25) is 0 Å². The van der Waals surface area contributed by atoms with Gasteiger partial charge in [-0.15, -0.1) is 0 Å². The van der Waals surface area contributed by atoms with Crippen molar-refractivity contribution < 1.29 is 9.53 Å². The molecule has 0 fully saturated rings. The lowest BCUT2D eigenvalue weighted by molar-refractivity contribution is -0.139. The molecule has 39 heavy (non-hydrogen) atoms. The molecule has 3 heterocycles. The average molecular weight is 652 g/mol. The van der Waals surface area contributed by atoms with E-state index in [1.807, 2.05) is 37.3 Å². The average Bonchev–Trinajstić information content (AvgIpc) is 3.35. The van der Waals surface area contributed by atoms with Crippen LogP contribution in [0.1, 0.15) is 53.5 Å². The number of fused-ring (bicyclic) bond motifs is 1. The molecule has 2 aromatic carbocycles. The van der Waals surface area contributed by atoms with Gasteiger partial charge in [-0.3, -0.25) is 9.36 Å². The molecule has 0 saturated carbocycles. The minimum atomic E-state index is -0.606. The Bertz CT molecular complexity index is 1820. The van der Waals surface area contributed by atoms with Crippen molar-refractivity contribution in [2.75, 3.05) is 6.61 Å². The van der Waals surface area contributed by atoms with Crippen LogP contribution in [-0.2, 0) is 9.53 Å². The molecule has 0 spiro atoms. The predicted molar refractivity (Wildman–Crippen MR) is 164 cm³/mol. The molecular formula is C31H30IN3O3S. The first-order chi connectivity index (χ1) is 18.6. The quantitative estimate of drug-likeness (QED) is 0.214. The molecule has 2 aromatic heterocycles. The first kappa shape index (κ1) is 27.3. The highest BCUT2D eigenvalue weighted by Gasteiger charge is 2.33. The second-order valence-electron chi connectivity index (χ2n) is 9.81. The fourth-order valence-corrected chi connectivity index (χ4v) is 6.47. The second kappa shape index (κ2) is 10.7. The van der Waals surface area contributed by atoms with Crippen LogP contribution in [0.4, 0.5) is 0 Å². The molecule has 1 atom stereocenters. The Labute approximate surface area is 245 Å². The van der Waals surface area contributed by atoms with Crippen LogP contribution in [0, 0.1) is 31.3 Å². The number of thiazole rings is 1. The van der Waals surface area contributed by atoms with Crippen LogP contribution in [0.15, 0.2) is 69.6 Å². The van der Waals surface area contributed by atoms with Crippen molar-refractivity contribution in [3.05, 3.63) is 117 Å². The third kappa shape index (κ3) is 4.96. The van der Waals surface area contributed by atoms with E-state index in [0.29, 0.717) is 20.6 Å². The molecule has 0 saturated heterocycles. The smallest absolute Gasteiger partial charge is 0.338 e. The highest BCUT2D eigenvalue weighted by molar-refractivity contribution is 14.1. The summed E-state index contributed by atoms with van der Waals surface area (Å²) in [6, 6.07) is 15.8. The van der Waals surface area contributed by atoms with Gasteiger partial charge in [0.15, 0.2) is 4.80 Å². The number of carbonyl (C=O) groups is 1. The van der Waals surface area contributed by atoms with Crippen molar-refractivity contribution in [3.63, 3.8) is 0 Å². The van der Waals surface area contributed by atoms with E-state index in [4.69, 9.17) is 9.73 Å². The lowest BCUT2D eigenvalue weighted by Gasteiger charge is -2.24. The van der Waals surface area contributed by atoms with Crippen LogP contribution >= 0.6 is 33.9 Å². The number of benzene rings is 2. The van der Waals surface area contributed by atoms with Crippen molar-refractivity contribution in [2.24, 2.45) is 4.99 Å². The Kier molecular flexibility index (Phi) is 7.52. The summed E-state index contributed by atoms with van der Waals surface area (Å²) < 4.78 is 11.0. The number of carbonyl (C=O) groups excluding carboxylic acids is 1. The van der Waals surface area contributed by atoms with Gasteiger partial charge in [-0.25, -0.2) is 9.79 Å². The molecule has 0 radical (unpaired) electrons. The predicted octanol–water partition coefficient (Wildman–Crippen LogP) is 5.43. The highest BCUT2D eigenvalue weighted by Crippen LogP contribution is 2.31. The molecule has 1 aliphatic heterocycles. The fraction of sp³-hybridized carbons (Fsp3) is 0.258. The Hall–Kier alpha value is -3.24. The van der Waals surface area contributed by atoms with Gasteiger partial charge in [-0.1, -0.05) is 41.2 Å². The number of ether oxygens (including phenoxy) is 1. The Balaban J connectivity index is 1.68. The third-order valence-corrected chi connectivity index (χ3v) is 9.26. The maximum absolute atomic E-state index is 14.0. The lowest BCUT2D eigenvalue weighted by Crippen LogP contribution is -2.39. The number of aryl methyl sites for hydroxylation is 3. The third-order valence-electron chi connectivity index (χ3n) is 7.07. The Morgan fingerprint density at radius 3 is 2.46 bits per heavy atom. The van der Waals surface area contributed by atoms with Crippen LogP contribution in [0.3, 0.4) is 0 Å². The van der Waals surface area contributed by atoms with E-state index in [0.717, 1.165) is 33.8 Å². The molecule has 4 aromatic rings. The first-order valence-corrected chi connectivity index (χ1v) is 14.7. The van der Waals surface area contributed by atoms with Crippen LogP contribution in [0.25, 0.3) is 11.8 Å². The van der Waals surface area contributed by atoms with Crippen LogP contribution in [0.2, 0.25) is 0 Å². The molecule has 0 N–H and O–H groups in total. The van der Waals surface area contributed by atoms with E-state index in [9.17, 15) is 9.59 Å².